The van der Waals surface area contributed by atoms with Gasteiger partial charge in [0.05, 0.1) is 0 Å². The Balaban J connectivity index is 2.07. The summed E-state index contributed by atoms with van der Waals surface area (Å²) in [5, 5.41) is 2.87. The monoisotopic (exact) mass is 367 g/mol. The SMILES string of the molecule is CCN(CC)c1ccc(NC(=O)CN(C(C)=O)c2ccc(C)c(C)c2)cc1. The van der Waals surface area contributed by atoms with E-state index in [0.29, 0.717) is 0 Å². The Kier molecular flexibility index (Phi) is 6.99. The number of carbonyl (C=O) groups excluding carboxylic acids is 2. The maximum Gasteiger partial charge on any atom is 0.244 e. The molecule has 0 radical (unpaired) electrons. The topological polar surface area (TPSA) is 52.7 Å². The Morgan fingerprint density at radius 2 is 1.48 bits per heavy atom. The van der Waals surface area contributed by atoms with Crippen molar-refractivity contribution < 1.29 is 9.59 Å². The number of amides is 2. The van der Waals surface area contributed by atoms with Crippen molar-refractivity contribution in [3.05, 3.63) is 53.6 Å². The molecule has 0 atom stereocenters. The van der Waals surface area contributed by atoms with Gasteiger partial charge in [0.1, 0.15) is 6.54 Å². The van der Waals surface area contributed by atoms with Gasteiger partial charge in [0, 0.05) is 37.1 Å². The summed E-state index contributed by atoms with van der Waals surface area (Å²) in [4.78, 5) is 28.3. The zero-order valence-corrected chi connectivity index (χ0v) is 16.9. The summed E-state index contributed by atoms with van der Waals surface area (Å²) in [7, 11) is 0. The fraction of sp³-hybridized carbons (Fsp3) is 0.364. The maximum absolute atomic E-state index is 12.5. The molecule has 0 bridgehead atoms. The summed E-state index contributed by atoms with van der Waals surface area (Å²) < 4.78 is 0. The average Bonchev–Trinajstić information content (AvgIpc) is 2.64. The molecule has 2 amide bonds. The first-order valence-corrected chi connectivity index (χ1v) is 9.35. The smallest absolute Gasteiger partial charge is 0.244 e. The van der Waals surface area contributed by atoms with Gasteiger partial charge in [0.2, 0.25) is 11.8 Å². The lowest BCUT2D eigenvalue weighted by atomic mass is 10.1. The molecule has 5 heteroatoms. The first-order chi connectivity index (χ1) is 12.8. The first-order valence-electron chi connectivity index (χ1n) is 9.35. The van der Waals surface area contributed by atoms with Crippen LogP contribution in [0.1, 0.15) is 31.9 Å². The van der Waals surface area contributed by atoms with E-state index in [-0.39, 0.29) is 18.4 Å². The highest BCUT2D eigenvalue weighted by Crippen LogP contribution is 2.20. The second-order valence-corrected chi connectivity index (χ2v) is 6.64. The third-order valence-electron chi connectivity index (χ3n) is 4.76. The second kappa shape index (κ2) is 9.21. The number of hydrogen-bond donors (Lipinski definition) is 1. The molecule has 1 N–H and O–H groups in total. The minimum atomic E-state index is -0.223. The van der Waals surface area contributed by atoms with Crippen molar-refractivity contribution in [1.82, 2.24) is 0 Å². The molecule has 27 heavy (non-hydrogen) atoms. The molecule has 5 nitrogen and oxygen atoms in total. The van der Waals surface area contributed by atoms with E-state index in [9.17, 15) is 9.59 Å². The Labute approximate surface area is 162 Å². The van der Waals surface area contributed by atoms with Crippen molar-refractivity contribution in [3.8, 4) is 0 Å². The Morgan fingerprint density at radius 3 is 2.00 bits per heavy atom. The van der Waals surface area contributed by atoms with Crippen LogP contribution in [0.25, 0.3) is 0 Å². The number of aryl methyl sites for hydroxylation is 2. The number of nitrogens with zero attached hydrogens (tertiary/aromatic N) is 2. The summed E-state index contributed by atoms with van der Waals surface area (Å²) in [6.07, 6.45) is 0. The van der Waals surface area contributed by atoms with Crippen molar-refractivity contribution in [2.75, 3.05) is 34.8 Å². The molecule has 144 valence electrons. The van der Waals surface area contributed by atoms with Crippen LogP contribution in [0.15, 0.2) is 42.5 Å². The molecular formula is C22H29N3O2. The molecule has 0 aliphatic rings. The van der Waals surface area contributed by atoms with E-state index in [2.05, 4.69) is 24.1 Å². The zero-order chi connectivity index (χ0) is 20.0. The largest absolute Gasteiger partial charge is 0.372 e. The molecule has 0 heterocycles. The standard InChI is InChI=1S/C22H29N3O2/c1-6-24(7-2)20-12-9-19(10-13-20)23-22(27)15-25(18(5)26)21-11-8-16(3)17(4)14-21/h8-14H,6-7,15H2,1-5H3,(H,23,27). The Bertz CT molecular complexity index is 796. The predicted octanol–water partition coefficient (Wildman–Crippen LogP) is 4.14. The Hall–Kier alpha value is -2.82. The van der Waals surface area contributed by atoms with Crippen molar-refractivity contribution in [2.45, 2.75) is 34.6 Å². The van der Waals surface area contributed by atoms with Gasteiger partial charge in [-0.1, -0.05) is 6.07 Å². The van der Waals surface area contributed by atoms with Crippen LogP contribution in [0.5, 0.6) is 0 Å². The van der Waals surface area contributed by atoms with E-state index in [1.54, 1.807) is 0 Å². The second-order valence-electron chi connectivity index (χ2n) is 6.64. The molecule has 2 aromatic carbocycles. The lowest BCUT2D eigenvalue weighted by Gasteiger charge is -2.22. The fourth-order valence-corrected chi connectivity index (χ4v) is 2.97. The first kappa shape index (κ1) is 20.5. The van der Waals surface area contributed by atoms with Crippen LogP contribution in [-0.2, 0) is 9.59 Å². The van der Waals surface area contributed by atoms with E-state index in [0.717, 1.165) is 41.3 Å². The molecule has 0 aliphatic carbocycles. The third kappa shape index (κ3) is 5.33. The highest BCUT2D eigenvalue weighted by Gasteiger charge is 2.16. The lowest BCUT2D eigenvalue weighted by Crippen LogP contribution is -2.36. The number of carbonyl (C=O) groups is 2. The summed E-state index contributed by atoms with van der Waals surface area (Å²) in [5.41, 5.74) is 4.82. The van der Waals surface area contributed by atoms with Gasteiger partial charge in [0.25, 0.3) is 0 Å². The summed E-state index contributed by atoms with van der Waals surface area (Å²) >= 11 is 0. The minimum Gasteiger partial charge on any atom is -0.372 e. The van der Waals surface area contributed by atoms with E-state index in [1.807, 2.05) is 56.3 Å². The van der Waals surface area contributed by atoms with Crippen molar-refractivity contribution in [3.63, 3.8) is 0 Å². The van der Waals surface area contributed by atoms with E-state index < -0.39 is 0 Å². The number of hydrogen-bond acceptors (Lipinski definition) is 3. The molecule has 0 aromatic heterocycles. The summed E-state index contributed by atoms with van der Waals surface area (Å²) in [5.74, 6) is -0.385. The quantitative estimate of drug-likeness (QED) is 0.800. The molecule has 2 aromatic rings. The molecule has 0 aliphatic heterocycles. The number of anilines is 3. The lowest BCUT2D eigenvalue weighted by molar-refractivity contribution is -0.120. The Morgan fingerprint density at radius 1 is 0.889 bits per heavy atom. The van der Waals surface area contributed by atoms with Crippen LogP contribution in [-0.4, -0.2) is 31.4 Å². The number of rotatable bonds is 7. The van der Waals surface area contributed by atoms with Gasteiger partial charge in [-0.05, 0) is 75.2 Å². The van der Waals surface area contributed by atoms with Crippen LogP contribution in [0.3, 0.4) is 0 Å². The van der Waals surface area contributed by atoms with Crippen LogP contribution < -0.4 is 15.1 Å². The van der Waals surface area contributed by atoms with Gasteiger partial charge in [-0.2, -0.15) is 0 Å². The normalized spacial score (nSPS) is 10.4. The minimum absolute atomic E-state index is 0.0182. The van der Waals surface area contributed by atoms with Crippen molar-refractivity contribution >= 4 is 28.9 Å². The van der Waals surface area contributed by atoms with Gasteiger partial charge in [-0.25, -0.2) is 0 Å². The number of nitrogens with one attached hydrogen (secondary N) is 1. The molecule has 2 rings (SSSR count). The van der Waals surface area contributed by atoms with Gasteiger partial charge in [-0.15, -0.1) is 0 Å². The van der Waals surface area contributed by atoms with Gasteiger partial charge in [-0.3, -0.25) is 9.59 Å². The average molecular weight is 367 g/mol. The van der Waals surface area contributed by atoms with E-state index >= 15 is 0 Å². The van der Waals surface area contributed by atoms with Crippen LogP contribution >= 0.6 is 0 Å². The predicted molar refractivity (Wildman–Crippen MR) is 113 cm³/mol. The fourth-order valence-electron chi connectivity index (χ4n) is 2.97. The molecule has 0 saturated heterocycles. The maximum atomic E-state index is 12.5. The molecule has 0 unspecified atom stereocenters. The molecule has 0 fully saturated rings. The van der Waals surface area contributed by atoms with E-state index in [4.69, 9.17) is 0 Å². The molecular weight excluding hydrogens is 338 g/mol. The van der Waals surface area contributed by atoms with Gasteiger partial charge in [0.15, 0.2) is 0 Å². The zero-order valence-electron chi connectivity index (χ0n) is 16.9. The van der Waals surface area contributed by atoms with E-state index in [1.165, 1.54) is 11.8 Å². The summed E-state index contributed by atoms with van der Waals surface area (Å²) in [6, 6.07) is 13.5. The van der Waals surface area contributed by atoms with Gasteiger partial charge >= 0.3 is 0 Å². The van der Waals surface area contributed by atoms with Crippen LogP contribution in [0.2, 0.25) is 0 Å². The van der Waals surface area contributed by atoms with Crippen molar-refractivity contribution in [2.24, 2.45) is 0 Å². The van der Waals surface area contributed by atoms with Crippen LogP contribution in [0.4, 0.5) is 17.1 Å². The molecule has 0 saturated carbocycles. The number of benzene rings is 2. The molecule has 0 spiro atoms. The third-order valence-corrected chi connectivity index (χ3v) is 4.76. The van der Waals surface area contributed by atoms with Crippen molar-refractivity contribution in [1.29, 1.82) is 0 Å². The highest BCUT2D eigenvalue weighted by atomic mass is 16.2. The van der Waals surface area contributed by atoms with Crippen LogP contribution in [0, 0.1) is 13.8 Å². The highest BCUT2D eigenvalue weighted by molar-refractivity contribution is 6.01. The summed E-state index contributed by atoms with van der Waals surface area (Å²) in [6.45, 7) is 11.6. The van der Waals surface area contributed by atoms with Gasteiger partial charge < -0.3 is 15.1 Å².